The van der Waals surface area contributed by atoms with Crippen molar-refractivity contribution in [2.45, 2.75) is 103 Å². The summed E-state index contributed by atoms with van der Waals surface area (Å²) in [6.07, 6.45) is 18.9. The van der Waals surface area contributed by atoms with E-state index in [0.29, 0.717) is 16.8 Å². The van der Waals surface area contributed by atoms with Crippen molar-refractivity contribution in [3.63, 3.8) is 0 Å². The molecule has 2 heterocycles. The molecular weight excluding hydrogens is 428 g/mol. The van der Waals surface area contributed by atoms with Crippen molar-refractivity contribution in [2.24, 2.45) is 0 Å². The number of aromatic amines is 1. The van der Waals surface area contributed by atoms with E-state index in [-0.39, 0.29) is 0 Å². The van der Waals surface area contributed by atoms with Gasteiger partial charge in [0.05, 0.1) is 11.9 Å². The van der Waals surface area contributed by atoms with Crippen molar-refractivity contribution in [2.75, 3.05) is 6.54 Å². The normalized spacial score (nSPS) is 17.2. The smallest absolute Gasteiger partial charge is 0.310 e. The Balaban J connectivity index is 1.26. The number of hydrogen-bond acceptors (Lipinski definition) is 1. The minimum atomic E-state index is 0.338. The van der Waals surface area contributed by atoms with Crippen molar-refractivity contribution in [1.82, 2.24) is 9.47 Å². The Morgan fingerprint density at radius 1 is 0.771 bits per heavy atom. The lowest BCUT2D eigenvalue weighted by molar-refractivity contribution is -0.127. The van der Waals surface area contributed by atoms with Crippen LogP contribution in [0, 0.1) is 0 Å². The predicted octanol–water partition coefficient (Wildman–Crippen LogP) is 9.37. The number of aromatic nitrogens is 1. The van der Waals surface area contributed by atoms with Gasteiger partial charge < -0.3 is 4.98 Å². The Morgan fingerprint density at radius 3 is 2.06 bits per heavy atom. The van der Waals surface area contributed by atoms with Crippen LogP contribution in [0.5, 0.6) is 0 Å². The minimum Gasteiger partial charge on any atom is -0.310 e. The number of hydrogen-bond donors (Lipinski definition) is 1. The highest BCUT2D eigenvalue weighted by Gasteiger charge is 2.47. The molecule has 0 saturated carbocycles. The third-order valence-electron chi connectivity index (χ3n) is 7.97. The summed E-state index contributed by atoms with van der Waals surface area (Å²) in [4.78, 5) is 17.5. The van der Waals surface area contributed by atoms with Crippen LogP contribution >= 0.6 is 0 Å². The van der Waals surface area contributed by atoms with Crippen LogP contribution in [-0.4, -0.2) is 17.4 Å². The lowest BCUT2D eigenvalue weighted by atomic mass is 10.0. The van der Waals surface area contributed by atoms with Gasteiger partial charge in [0.15, 0.2) is 0 Å². The SMILES string of the molecule is CCCCCCCCCCCCCCCC(=O)[N+]1(c2cc3ccccc3[nH]2)CCc2ccccc21. The number of carbonyl (C=O) groups excluding carboxylic acids is 1. The number of para-hydroxylation sites is 2. The first kappa shape index (κ1) is 25.7. The minimum absolute atomic E-state index is 0.338. The lowest BCUT2D eigenvalue weighted by Crippen LogP contribution is -2.48. The summed E-state index contributed by atoms with van der Waals surface area (Å²) < 4.78 is 0.350. The number of benzene rings is 2. The molecule has 0 spiro atoms. The molecule has 1 unspecified atom stereocenters. The van der Waals surface area contributed by atoms with Gasteiger partial charge in [-0.2, -0.15) is 4.48 Å². The Bertz CT molecular complexity index is 1040. The van der Waals surface area contributed by atoms with Crippen molar-refractivity contribution >= 4 is 28.3 Å². The molecule has 188 valence electrons. The molecule has 1 aliphatic heterocycles. The zero-order chi connectivity index (χ0) is 24.3. The zero-order valence-corrected chi connectivity index (χ0v) is 21.9. The van der Waals surface area contributed by atoms with Crippen LogP contribution < -0.4 is 4.48 Å². The average Bonchev–Trinajstić information content (AvgIpc) is 3.49. The van der Waals surface area contributed by atoms with Crippen LogP contribution in [0.2, 0.25) is 0 Å². The highest BCUT2D eigenvalue weighted by Crippen LogP contribution is 2.44. The maximum atomic E-state index is 13.9. The molecule has 1 atom stereocenters. The van der Waals surface area contributed by atoms with E-state index in [1.807, 2.05) is 0 Å². The quantitative estimate of drug-likeness (QED) is 0.173. The molecule has 0 saturated heterocycles. The highest BCUT2D eigenvalue weighted by atomic mass is 16.2. The monoisotopic (exact) mass is 473 g/mol. The molecule has 0 bridgehead atoms. The summed E-state index contributed by atoms with van der Waals surface area (Å²) >= 11 is 0. The van der Waals surface area contributed by atoms with Crippen LogP contribution in [0.1, 0.15) is 102 Å². The molecule has 1 N–H and O–H groups in total. The molecule has 3 heteroatoms. The number of unbranched alkanes of at least 4 members (excludes halogenated alkanes) is 12. The van der Waals surface area contributed by atoms with Gasteiger partial charge in [-0.25, -0.2) is 4.79 Å². The number of amides is 1. The van der Waals surface area contributed by atoms with Gasteiger partial charge >= 0.3 is 5.91 Å². The summed E-state index contributed by atoms with van der Waals surface area (Å²) in [6.45, 7) is 3.11. The number of carbonyl (C=O) groups is 1. The molecule has 2 aromatic carbocycles. The number of H-pyrrole nitrogens is 1. The van der Waals surface area contributed by atoms with Crippen LogP contribution in [0.15, 0.2) is 54.6 Å². The third kappa shape index (κ3) is 6.25. The van der Waals surface area contributed by atoms with Gasteiger partial charge in [-0.15, -0.1) is 0 Å². The Morgan fingerprint density at radius 2 is 1.37 bits per heavy atom. The van der Waals surface area contributed by atoms with Gasteiger partial charge in [0.1, 0.15) is 12.2 Å². The second kappa shape index (κ2) is 13.1. The fraction of sp³-hybridized carbons (Fsp3) is 0.531. The van der Waals surface area contributed by atoms with Crippen molar-refractivity contribution in [1.29, 1.82) is 0 Å². The molecule has 0 aliphatic carbocycles. The van der Waals surface area contributed by atoms with E-state index in [9.17, 15) is 4.79 Å². The molecule has 35 heavy (non-hydrogen) atoms. The van der Waals surface area contributed by atoms with Crippen molar-refractivity contribution < 1.29 is 4.79 Å². The third-order valence-corrected chi connectivity index (χ3v) is 7.97. The number of quaternary nitrogens is 1. The van der Waals surface area contributed by atoms with Gasteiger partial charge in [-0.3, -0.25) is 0 Å². The fourth-order valence-corrected chi connectivity index (χ4v) is 5.90. The van der Waals surface area contributed by atoms with Crippen LogP contribution in [-0.2, 0) is 11.2 Å². The molecule has 4 rings (SSSR count). The van der Waals surface area contributed by atoms with Crippen LogP contribution in [0.3, 0.4) is 0 Å². The van der Waals surface area contributed by atoms with E-state index in [2.05, 4.69) is 66.5 Å². The number of nitrogens with zero attached hydrogens (tertiary/aromatic N) is 1. The maximum absolute atomic E-state index is 13.9. The van der Waals surface area contributed by atoms with Gasteiger partial charge in [0.2, 0.25) is 5.82 Å². The lowest BCUT2D eigenvalue weighted by Gasteiger charge is -2.30. The second-order valence-electron chi connectivity index (χ2n) is 10.5. The van der Waals surface area contributed by atoms with E-state index in [0.717, 1.165) is 37.1 Å². The molecule has 3 nitrogen and oxygen atoms in total. The predicted molar refractivity (Wildman–Crippen MR) is 150 cm³/mol. The van der Waals surface area contributed by atoms with Gasteiger partial charge in [0, 0.05) is 29.5 Å². The zero-order valence-electron chi connectivity index (χ0n) is 21.9. The van der Waals surface area contributed by atoms with Crippen LogP contribution in [0.4, 0.5) is 11.5 Å². The summed E-state index contributed by atoms with van der Waals surface area (Å²) in [6, 6.07) is 19.1. The summed E-state index contributed by atoms with van der Waals surface area (Å²) in [5, 5.41) is 1.18. The van der Waals surface area contributed by atoms with Crippen molar-refractivity contribution in [3.8, 4) is 0 Å². The van der Waals surface area contributed by atoms with E-state index >= 15 is 0 Å². The van der Waals surface area contributed by atoms with Crippen molar-refractivity contribution in [3.05, 3.63) is 60.2 Å². The molecule has 3 aromatic rings. The van der Waals surface area contributed by atoms with Gasteiger partial charge in [0.25, 0.3) is 0 Å². The molecule has 1 amide bonds. The molecule has 1 aromatic heterocycles. The first-order chi connectivity index (χ1) is 17.3. The number of fused-ring (bicyclic) bond motifs is 2. The Labute approximate surface area is 212 Å². The molecule has 1 aliphatic rings. The van der Waals surface area contributed by atoms with E-state index in [1.54, 1.807) is 0 Å². The maximum Gasteiger partial charge on any atom is 0.325 e. The second-order valence-corrected chi connectivity index (χ2v) is 10.5. The summed E-state index contributed by atoms with van der Waals surface area (Å²) in [5.74, 6) is 1.36. The van der Waals surface area contributed by atoms with Crippen LogP contribution in [0.25, 0.3) is 10.9 Å². The molecular formula is C32H45N2O+. The standard InChI is InChI=1S/C32H45N2O/c1-2-3-4-5-6-7-8-9-10-11-12-13-14-23-32(35)34(25-24-27-19-16-18-22-30(27)34)31-26-28-20-15-17-21-29(28)33-31/h15-22,26,33H,2-14,23-25H2,1H3/q+1. The highest BCUT2D eigenvalue weighted by molar-refractivity contribution is 5.98. The van der Waals surface area contributed by atoms with E-state index in [1.165, 1.54) is 87.3 Å². The summed E-state index contributed by atoms with van der Waals surface area (Å²) in [7, 11) is 0. The largest absolute Gasteiger partial charge is 0.325 e. The Hall–Kier alpha value is -2.39. The molecule has 0 radical (unpaired) electrons. The topological polar surface area (TPSA) is 32.9 Å². The first-order valence-corrected chi connectivity index (χ1v) is 14.3. The van der Waals surface area contributed by atoms with E-state index < -0.39 is 0 Å². The van der Waals surface area contributed by atoms with Gasteiger partial charge in [-0.05, 0) is 12.5 Å². The van der Waals surface area contributed by atoms with Gasteiger partial charge in [-0.1, -0.05) is 120 Å². The molecule has 0 fully saturated rings. The fourth-order valence-electron chi connectivity index (χ4n) is 5.90. The Kier molecular flexibility index (Phi) is 9.59. The first-order valence-electron chi connectivity index (χ1n) is 14.3. The summed E-state index contributed by atoms with van der Waals surface area (Å²) in [5.41, 5.74) is 3.58. The number of nitrogens with one attached hydrogen (secondary N) is 1. The van der Waals surface area contributed by atoms with E-state index in [4.69, 9.17) is 0 Å². The number of rotatable bonds is 15. The average molecular weight is 474 g/mol.